The number of phenols is 1. The van der Waals surface area contributed by atoms with Gasteiger partial charge in [0.25, 0.3) is 5.91 Å². The number of aromatic hydroxyl groups is 1. The predicted octanol–water partition coefficient (Wildman–Crippen LogP) is 2.85. The fraction of sp³-hybridized carbons (Fsp3) is 0.333. The summed E-state index contributed by atoms with van der Waals surface area (Å²) in [6, 6.07) is 13.7. The van der Waals surface area contributed by atoms with E-state index >= 15 is 0 Å². The summed E-state index contributed by atoms with van der Waals surface area (Å²) in [5.74, 6) is -0.548. The minimum absolute atomic E-state index is 0.0270. The molecule has 1 saturated heterocycles. The van der Waals surface area contributed by atoms with E-state index in [0.29, 0.717) is 18.7 Å². The first-order valence-electron chi connectivity index (χ1n) is 8.92. The lowest BCUT2D eigenvalue weighted by Gasteiger charge is -2.35. The Bertz CT molecular complexity index is 790. The van der Waals surface area contributed by atoms with Crippen LogP contribution in [0.5, 0.6) is 5.75 Å². The van der Waals surface area contributed by atoms with Gasteiger partial charge in [0, 0.05) is 13.1 Å². The van der Waals surface area contributed by atoms with E-state index in [4.69, 9.17) is 9.47 Å². The van der Waals surface area contributed by atoms with Gasteiger partial charge in [0.15, 0.2) is 6.61 Å². The molecule has 0 radical (unpaired) electrons. The minimum Gasteiger partial charge on any atom is -0.508 e. The lowest BCUT2D eigenvalue weighted by molar-refractivity contribution is -0.146. The summed E-state index contributed by atoms with van der Waals surface area (Å²) in [5.41, 5.74) is 2.23. The van der Waals surface area contributed by atoms with Crippen molar-refractivity contribution in [2.45, 2.75) is 26.1 Å². The molecule has 1 fully saturated rings. The Labute approximate surface area is 158 Å². The minimum atomic E-state index is -0.532. The van der Waals surface area contributed by atoms with Crippen molar-refractivity contribution in [3.8, 4) is 16.9 Å². The van der Waals surface area contributed by atoms with Crippen LogP contribution in [0.2, 0.25) is 0 Å². The quantitative estimate of drug-likeness (QED) is 0.839. The van der Waals surface area contributed by atoms with Gasteiger partial charge >= 0.3 is 5.97 Å². The van der Waals surface area contributed by atoms with Gasteiger partial charge in [-0.05, 0) is 49.2 Å². The number of benzene rings is 2. The molecule has 27 heavy (non-hydrogen) atoms. The summed E-state index contributed by atoms with van der Waals surface area (Å²) >= 11 is 0. The maximum atomic E-state index is 12.3. The number of amides is 1. The van der Waals surface area contributed by atoms with Crippen molar-refractivity contribution < 1.29 is 24.2 Å². The summed E-state index contributed by atoms with van der Waals surface area (Å²) in [6.07, 6.45) is -0.0540. The Hall–Kier alpha value is -2.86. The highest BCUT2D eigenvalue weighted by atomic mass is 16.5. The molecule has 142 valence electrons. The summed E-state index contributed by atoms with van der Waals surface area (Å²) in [7, 11) is 0. The van der Waals surface area contributed by atoms with E-state index in [2.05, 4.69) is 0 Å². The topological polar surface area (TPSA) is 76.1 Å². The third-order valence-corrected chi connectivity index (χ3v) is 4.42. The monoisotopic (exact) mass is 369 g/mol. The standard InChI is InChI=1S/C21H23NO5/c1-14-11-22(12-15(2)27-14)20(24)13-26-21(25)18-5-3-16(4-6-18)17-7-9-19(23)10-8-17/h3-10,14-15,23H,11-13H2,1-2H3/t14-,15-/m0/s1. The second kappa shape index (κ2) is 8.22. The normalized spacial score (nSPS) is 19.6. The predicted molar refractivity (Wildman–Crippen MR) is 100 cm³/mol. The number of rotatable bonds is 4. The molecule has 1 N–H and O–H groups in total. The number of hydrogen-bond donors (Lipinski definition) is 1. The Balaban J connectivity index is 1.56. The second-order valence-corrected chi connectivity index (χ2v) is 6.76. The molecule has 6 heteroatoms. The van der Waals surface area contributed by atoms with Crippen molar-refractivity contribution in [3.05, 3.63) is 54.1 Å². The number of esters is 1. The van der Waals surface area contributed by atoms with Crippen LogP contribution < -0.4 is 0 Å². The molecule has 0 unspecified atom stereocenters. The zero-order valence-electron chi connectivity index (χ0n) is 15.4. The van der Waals surface area contributed by atoms with Crippen molar-refractivity contribution in [1.82, 2.24) is 4.90 Å². The molecular formula is C21H23NO5. The van der Waals surface area contributed by atoms with E-state index in [9.17, 15) is 14.7 Å². The summed E-state index contributed by atoms with van der Waals surface area (Å²) in [5, 5.41) is 9.35. The molecule has 2 atom stereocenters. The number of nitrogens with zero attached hydrogens (tertiary/aromatic N) is 1. The fourth-order valence-corrected chi connectivity index (χ4v) is 3.14. The van der Waals surface area contributed by atoms with E-state index in [1.54, 1.807) is 53.4 Å². The van der Waals surface area contributed by atoms with E-state index < -0.39 is 5.97 Å². The van der Waals surface area contributed by atoms with Gasteiger partial charge in [-0.3, -0.25) is 4.79 Å². The molecule has 1 heterocycles. The Morgan fingerprint density at radius 3 is 2.07 bits per heavy atom. The molecule has 3 rings (SSSR count). The van der Waals surface area contributed by atoms with Crippen LogP contribution in [0, 0.1) is 0 Å². The van der Waals surface area contributed by atoms with E-state index in [1.165, 1.54) is 0 Å². The number of morpholine rings is 1. The van der Waals surface area contributed by atoms with Crippen molar-refractivity contribution in [1.29, 1.82) is 0 Å². The summed E-state index contributed by atoms with van der Waals surface area (Å²) in [6.45, 7) is 4.55. The number of hydrogen-bond acceptors (Lipinski definition) is 5. The molecule has 1 aliphatic heterocycles. The maximum Gasteiger partial charge on any atom is 0.338 e. The van der Waals surface area contributed by atoms with Gasteiger partial charge in [-0.2, -0.15) is 0 Å². The van der Waals surface area contributed by atoms with Gasteiger partial charge in [0.2, 0.25) is 0 Å². The third-order valence-electron chi connectivity index (χ3n) is 4.42. The van der Waals surface area contributed by atoms with Crippen molar-refractivity contribution in [3.63, 3.8) is 0 Å². The zero-order chi connectivity index (χ0) is 19.4. The fourth-order valence-electron chi connectivity index (χ4n) is 3.14. The molecule has 0 spiro atoms. The lowest BCUT2D eigenvalue weighted by atomic mass is 10.0. The summed E-state index contributed by atoms with van der Waals surface area (Å²) in [4.78, 5) is 26.1. The summed E-state index contributed by atoms with van der Waals surface area (Å²) < 4.78 is 10.8. The van der Waals surface area contributed by atoms with Crippen LogP contribution in [0.15, 0.2) is 48.5 Å². The van der Waals surface area contributed by atoms with Crippen LogP contribution in [0.1, 0.15) is 24.2 Å². The first kappa shape index (κ1) is 18.9. The van der Waals surface area contributed by atoms with Crippen LogP contribution in [0.3, 0.4) is 0 Å². The average molecular weight is 369 g/mol. The maximum absolute atomic E-state index is 12.3. The van der Waals surface area contributed by atoms with Crippen molar-refractivity contribution in [2.24, 2.45) is 0 Å². The van der Waals surface area contributed by atoms with Crippen LogP contribution in [-0.4, -0.2) is 53.8 Å². The van der Waals surface area contributed by atoms with Gasteiger partial charge < -0.3 is 19.5 Å². The molecule has 0 aliphatic carbocycles. The van der Waals surface area contributed by atoms with Gasteiger partial charge in [0.05, 0.1) is 17.8 Å². The van der Waals surface area contributed by atoms with Gasteiger partial charge in [-0.1, -0.05) is 24.3 Å². The number of phenolic OH excluding ortho intramolecular Hbond substituents is 1. The van der Waals surface area contributed by atoms with Crippen LogP contribution in [-0.2, 0) is 14.3 Å². The van der Waals surface area contributed by atoms with Crippen LogP contribution >= 0.6 is 0 Å². The highest BCUT2D eigenvalue weighted by molar-refractivity contribution is 5.91. The zero-order valence-corrected chi connectivity index (χ0v) is 15.4. The highest BCUT2D eigenvalue weighted by Crippen LogP contribution is 2.22. The van der Waals surface area contributed by atoms with Gasteiger partial charge in [-0.25, -0.2) is 4.79 Å². The first-order valence-corrected chi connectivity index (χ1v) is 8.92. The molecule has 0 bridgehead atoms. The van der Waals surface area contributed by atoms with Crippen LogP contribution in [0.25, 0.3) is 11.1 Å². The largest absolute Gasteiger partial charge is 0.508 e. The lowest BCUT2D eigenvalue weighted by Crippen LogP contribution is -2.49. The Morgan fingerprint density at radius 1 is 1.00 bits per heavy atom. The highest BCUT2D eigenvalue weighted by Gasteiger charge is 2.26. The van der Waals surface area contributed by atoms with Crippen LogP contribution in [0.4, 0.5) is 0 Å². The number of ether oxygens (including phenoxy) is 2. The van der Waals surface area contributed by atoms with Crippen molar-refractivity contribution >= 4 is 11.9 Å². The molecular weight excluding hydrogens is 346 g/mol. The molecule has 1 amide bonds. The SMILES string of the molecule is C[C@H]1CN(C(=O)COC(=O)c2ccc(-c3ccc(O)cc3)cc2)C[C@H](C)O1. The number of carbonyl (C=O) groups excluding carboxylic acids is 2. The van der Waals surface area contributed by atoms with E-state index in [-0.39, 0.29) is 30.5 Å². The third kappa shape index (κ3) is 4.86. The number of carbonyl (C=O) groups is 2. The van der Waals surface area contributed by atoms with Gasteiger partial charge in [-0.15, -0.1) is 0 Å². The van der Waals surface area contributed by atoms with Gasteiger partial charge in [0.1, 0.15) is 5.75 Å². The molecule has 0 saturated carbocycles. The van der Waals surface area contributed by atoms with Crippen molar-refractivity contribution in [2.75, 3.05) is 19.7 Å². The Kier molecular flexibility index (Phi) is 5.76. The average Bonchev–Trinajstić information content (AvgIpc) is 2.66. The van der Waals surface area contributed by atoms with E-state index in [0.717, 1.165) is 11.1 Å². The first-order chi connectivity index (χ1) is 12.9. The second-order valence-electron chi connectivity index (χ2n) is 6.76. The molecule has 6 nitrogen and oxygen atoms in total. The van der Waals surface area contributed by atoms with E-state index in [1.807, 2.05) is 13.8 Å². The molecule has 1 aliphatic rings. The molecule has 0 aromatic heterocycles. The molecule has 2 aromatic rings. The molecule has 2 aromatic carbocycles. The smallest absolute Gasteiger partial charge is 0.338 e. The Morgan fingerprint density at radius 2 is 1.52 bits per heavy atom.